The smallest absolute Gasteiger partial charge is 0.339 e. The van der Waals surface area contributed by atoms with Crippen LogP contribution in [0.5, 0.6) is 0 Å². The fourth-order valence-corrected chi connectivity index (χ4v) is 2.20. The quantitative estimate of drug-likeness (QED) is 0.757. The molecule has 1 aliphatic carbocycles. The predicted octanol–water partition coefficient (Wildman–Crippen LogP) is 2.50. The Hall–Kier alpha value is -2.42. The molecule has 0 bridgehead atoms. The summed E-state index contributed by atoms with van der Waals surface area (Å²) in [6.45, 7) is 0. The molecule has 0 unspecified atom stereocenters. The highest BCUT2D eigenvalue weighted by molar-refractivity contribution is 6.32. The van der Waals surface area contributed by atoms with Crippen molar-refractivity contribution in [2.75, 3.05) is 0 Å². The van der Waals surface area contributed by atoms with E-state index < -0.39 is 11.8 Å². The molecule has 2 aromatic carbocycles. The predicted molar refractivity (Wildman–Crippen MR) is 63.9 cm³/mol. The first-order valence-corrected chi connectivity index (χ1v) is 5.20. The standard InChI is InChI=1S/C14H8O3/c15-13-10-6-2-4-8-3-1-5-9(12(8)10)7-11(13)14(16)17/h1-7H,(H,16,17). The molecule has 0 heterocycles. The van der Waals surface area contributed by atoms with Gasteiger partial charge in [0.2, 0.25) is 5.78 Å². The van der Waals surface area contributed by atoms with Gasteiger partial charge in [0, 0.05) is 10.9 Å². The summed E-state index contributed by atoms with van der Waals surface area (Å²) in [6, 6.07) is 10.9. The minimum Gasteiger partial charge on any atom is -0.478 e. The molecule has 0 radical (unpaired) electrons. The lowest BCUT2D eigenvalue weighted by atomic mass is 9.88. The molecule has 2 aromatic rings. The van der Waals surface area contributed by atoms with Crippen LogP contribution in [0.2, 0.25) is 0 Å². The van der Waals surface area contributed by atoms with E-state index in [2.05, 4.69) is 0 Å². The number of ketones is 1. The maximum Gasteiger partial charge on any atom is 0.339 e. The molecule has 0 saturated heterocycles. The van der Waals surface area contributed by atoms with Crippen LogP contribution in [0.4, 0.5) is 0 Å². The topological polar surface area (TPSA) is 54.4 Å². The lowest BCUT2D eigenvalue weighted by Crippen LogP contribution is -2.15. The Morgan fingerprint density at radius 2 is 1.76 bits per heavy atom. The lowest BCUT2D eigenvalue weighted by molar-refractivity contribution is -0.132. The number of aliphatic carboxylic acids is 1. The second kappa shape index (κ2) is 3.28. The Kier molecular flexibility index (Phi) is 1.89. The second-order valence-corrected chi connectivity index (χ2v) is 3.94. The third-order valence-electron chi connectivity index (χ3n) is 2.96. The highest BCUT2D eigenvalue weighted by Crippen LogP contribution is 2.31. The van der Waals surface area contributed by atoms with E-state index in [-0.39, 0.29) is 5.57 Å². The van der Waals surface area contributed by atoms with Gasteiger partial charge < -0.3 is 5.11 Å². The van der Waals surface area contributed by atoms with Crippen LogP contribution in [0.15, 0.2) is 42.0 Å². The van der Waals surface area contributed by atoms with Crippen LogP contribution in [0.1, 0.15) is 15.9 Å². The first-order chi connectivity index (χ1) is 8.18. The van der Waals surface area contributed by atoms with Crippen LogP contribution in [0.25, 0.3) is 16.8 Å². The molecule has 0 spiro atoms. The second-order valence-electron chi connectivity index (χ2n) is 3.94. The van der Waals surface area contributed by atoms with Gasteiger partial charge in [-0.25, -0.2) is 4.79 Å². The van der Waals surface area contributed by atoms with Gasteiger partial charge in [-0.1, -0.05) is 36.4 Å². The van der Waals surface area contributed by atoms with Crippen LogP contribution >= 0.6 is 0 Å². The molecule has 0 aliphatic heterocycles. The van der Waals surface area contributed by atoms with Crippen LogP contribution in [0, 0.1) is 0 Å². The number of hydrogen-bond donors (Lipinski definition) is 1. The molecule has 17 heavy (non-hydrogen) atoms. The van der Waals surface area contributed by atoms with Crippen molar-refractivity contribution in [1.82, 2.24) is 0 Å². The molecular formula is C14H8O3. The zero-order chi connectivity index (χ0) is 12.0. The van der Waals surface area contributed by atoms with Crippen molar-refractivity contribution in [2.24, 2.45) is 0 Å². The van der Waals surface area contributed by atoms with Gasteiger partial charge in [0.25, 0.3) is 0 Å². The van der Waals surface area contributed by atoms with Gasteiger partial charge >= 0.3 is 5.97 Å². The molecule has 0 aromatic heterocycles. The first-order valence-electron chi connectivity index (χ1n) is 5.20. The van der Waals surface area contributed by atoms with Crippen molar-refractivity contribution in [1.29, 1.82) is 0 Å². The van der Waals surface area contributed by atoms with Crippen LogP contribution in [0.3, 0.4) is 0 Å². The van der Waals surface area contributed by atoms with E-state index in [9.17, 15) is 9.59 Å². The summed E-state index contributed by atoms with van der Waals surface area (Å²) in [5.74, 6) is -1.59. The Bertz CT molecular complexity index is 690. The summed E-state index contributed by atoms with van der Waals surface area (Å²) >= 11 is 0. The summed E-state index contributed by atoms with van der Waals surface area (Å²) in [5, 5.41) is 10.8. The van der Waals surface area contributed by atoms with E-state index in [1.807, 2.05) is 24.3 Å². The van der Waals surface area contributed by atoms with Crippen LogP contribution < -0.4 is 0 Å². The fraction of sp³-hybridized carbons (Fsp3) is 0. The molecule has 3 rings (SSSR count). The maximum absolute atomic E-state index is 12.0. The summed E-state index contributed by atoms with van der Waals surface area (Å²) < 4.78 is 0. The largest absolute Gasteiger partial charge is 0.478 e. The SMILES string of the molecule is O=C(O)C1=Cc2cccc3cccc(c23)C1=O. The van der Waals surface area contributed by atoms with E-state index in [4.69, 9.17) is 5.11 Å². The molecule has 82 valence electrons. The van der Waals surface area contributed by atoms with Crippen molar-refractivity contribution in [3.8, 4) is 0 Å². The zero-order valence-electron chi connectivity index (χ0n) is 8.81. The summed E-state index contributed by atoms with van der Waals surface area (Å²) in [6.07, 6.45) is 1.44. The van der Waals surface area contributed by atoms with Gasteiger partial charge in [-0.3, -0.25) is 4.79 Å². The monoisotopic (exact) mass is 224 g/mol. The van der Waals surface area contributed by atoms with E-state index in [0.29, 0.717) is 5.56 Å². The fourth-order valence-electron chi connectivity index (χ4n) is 2.20. The molecule has 0 saturated carbocycles. The van der Waals surface area contributed by atoms with Gasteiger partial charge in [-0.2, -0.15) is 0 Å². The third-order valence-corrected chi connectivity index (χ3v) is 2.96. The molecule has 0 amide bonds. The molecule has 0 fully saturated rings. The summed E-state index contributed by atoms with van der Waals surface area (Å²) in [7, 11) is 0. The van der Waals surface area contributed by atoms with E-state index in [1.54, 1.807) is 12.1 Å². The number of carbonyl (C=O) groups excluding carboxylic acids is 1. The number of hydrogen-bond acceptors (Lipinski definition) is 2. The number of benzene rings is 2. The van der Waals surface area contributed by atoms with Crippen LogP contribution in [-0.4, -0.2) is 16.9 Å². The normalized spacial score (nSPS) is 13.6. The van der Waals surface area contributed by atoms with Gasteiger partial charge in [0.15, 0.2) is 0 Å². The lowest BCUT2D eigenvalue weighted by Gasteiger charge is -2.14. The Labute approximate surface area is 97.0 Å². The number of rotatable bonds is 1. The zero-order valence-corrected chi connectivity index (χ0v) is 8.81. The average molecular weight is 224 g/mol. The molecular weight excluding hydrogens is 216 g/mol. The Balaban J connectivity index is 2.45. The summed E-state index contributed by atoms with van der Waals surface area (Å²) in [4.78, 5) is 23.0. The molecule has 3 nitrogen and oxygen atoms in total. The first kappa shape index (κ1) is 9.78. The van der Waals surface area contributed by atoms with Crippen molar-refractivity contribution in [3.05, 3.63) is 53.1 Å². The van der Waals surface area contributed by atoms with E-state index >= 15 is 0 Å². The Morgan fingerprint density at radius 1 is 1.06 bits per heavy atom. The molecule has 0 atom stereocenters. The minimum absolute atomic E-state index is 0.170. The third kappa shape index (κ3) is 1.29. The van der Waals surface area contributed by atoms with Crippen molar-refractivity contribution in [2.45, 2.75) is 0 Å². The van der Waals surface area contributed by atoms with Gasteiger partial charge in [-0.15, -0.1) is 0 Å². The summed E-state index contributed by atoms with van der Waals surface area (Å²) in [5.41, 5.74) is 1.09. The highest BCUT2D eigenvalue weighted by atomic mass is 16.4. The van der Waals surface area contributed by atoms with E-state index in [1.165, 1.54) is 6.08 Å². The number of carbonyl (C=O) groups is 2. The van der Waals surface area contributed by atoms with Crippen molar-refractivity contribution in [3.63, 3.8) is 0 Å². The van der Waals surface area contributed by atoms with Crippen LogP contribution in [-0.2, 0) is 4.79 Å². The minimum atomic E-state index is -1.18. The molecule has 3 heteroatoms. The number of Topliss-reactive ketones (excluding diaryl/α,β-unsaturated/α-hetero) is 1. The number of carboxylic acids is 1. The number of carboxylic acid groups (broad SMARTS) is 1. The highest BCUT2D eigenvalue weighted by Gasteiger charge is 2.25. The van der Waals surface area contributed by atoms with Crippen molar-refractivity contribution >= 4 is 28.6 Å². The maximum atomic E-state index is 12.0. The van der Waals surface area contributed by atoms with Gasteiger partial charge in [-0.05, 0) is 17.0 Å². The van der Waals surface area contributed by atoms with Gasteiger partial charge in [0.1, 0.15) is 5.57 Å². The van der Waals surface area contributed by atoms with Gasteiger partial charge in [0.05, 0.1) is 0 Å². The Morgan fingerprint density at radius 3 is 2.47 bits per heavy atom. The van der Waals surface area contributed by atoms with E-state index in [0.717, 1.165) is 16.3 Å². The molecule has 1 aliphatic rings. The van der Waals surface area contributed by atoms with Crippen molar-refractivity contribution < 1.29 is 14.7 Å². The molecule has 1 N–H and O–H groups in total. The average Bonchev–Trinajstić information content (AvgIpc) is 2.33.